The first-order valence-corrected chi connectivity index (χ1v) is 33.3. The summed E-state index contributed by atoms with van der Waals surface area (Å²) in [7, 11) is 0. The normalized spacial score (nSPS) is 11.2. The number of nitrogens with two attached hydrogens (primary N) is 2. The second kappa shape index (κ2) is 80.6. The Bertz CT molecular complexity index is 1380. The van der Waals surface area contributed by atoms with Crippen LogP contribution in [0.1, 0.15) is 166 Å². The molecule has 25 heteroatoms. The first-order valence-electron chi connectivity index (χ1n) is 30.1. The second-order valence-corrected chi connectivity index (χ2v) is 20.3. The first kappa shape index (κ1) is 90.3. The molecule has 0 aromatic carbocycles. The number of unbranched alkanes of at least 4 members (excludes halogenated alkanes) is 6. The molecule has 0 bridgehead atoms. The molecular weight excluding hydrogens is 1170 g/mol. The maximum absolute atomic E-state index is 11.6. The lowest BCUT2D eigenvalue weighted by atomic mass is 10.1. The van der Waals surface area contributed by atoms with Gasteiger partial charge in [-0.2, -0.15) is 63.1 Å². The molecule has 0 aliphatic heterocycles. The predicted molar refractivity (Wildman–Crippen MR) is 351 cm³/mol. The smallest absolute Gasteiger partial charge is 0.305 e. The molecule has 0 heterocycles. The molecule has 0 rings (SSSR count). The van der Waals surface area contributed by atoms with Crippen LogP contribution in [0.25, 0.3) is 0 Å². The van der Waals surface area contributed by atoms with Crippen LogP contribution in [0.5, 0.6) is 0 Å². The van der Waals surface area contributed by atoms with Crippen molar-refractivity contribution in [3.05, 3.63) is 0 Å². The molecule has 83 heavy (non-hydrogen) atoms. The maximum Gasteiger partial charge on any atom is 0.305 e. The second-order valence-electron chi connectivity index (χ2n) is 18.1. The Morgan fingerprint density at radius 3 is 0.831 bits per heavy atom. The van der Waals surface area contributed by atoms with Crippen LogP contribution >= 0.6 is 63.1 Å². The number of carbonyl (C=O) groups excluding carboxylic acids is 6. The van der Waals surface area contributed by atoms with E-state index in [1.807, 2.05) is 27.7 Å². The minimum atomic E-state index is -0.515. The predicted octanol–water partition coefficient (Wildman–Crippen LogP) is 9.07. The molecule has 0 aromatic heterocycles. The van der Waals surface area contributed by atoms with Gasteiger partial charge in [0.1, 0.15) is 0 Å². The van der Waals surface area contributed by atoms with Crippen LogP contribution in [-0.2, 0) is 85.6 Å². The number of ether oxygens (including phenoxy) is 12. The third-order valence-electron chi connectivity index (χ3n) is 10.3. The Hall–Kier alpha value is -1.43. The van der Waals surface area contributed by atoms with Gasteiger partial charge in [0.05, 0.1) is 131 Å². The first-order chi connectivity index (χ1) is 40.3. The number of ketones is 2. The highest BCUT2D eigenvalue weighted by molar-refractivity contribution is 7.80. The zero-order chi connectivity index (χ0) is 62.9. The SMILES string of the molecule is CCCC(=O)OCCCCOCCOCCOCCOCCC(=O)C(N)CS.CCCC(=O)OCCCS.CCCC(=O)OCCCS.CCCCCCCC(=O)OCCCCOCCOCCOCCOCCC(=O)C(N)CS.CCS.[HH].[HH]. The summed E-state index contributed by atoms with van der Waals surface area (Å²) in [4.78, 5) is 67.0. The van der Waals surface area contributed by atoms with Crippen LogP contribution in [0.2, 0.25) is 0 Å². The fraction of sp³-hybridized carbons (Fsp3) is 0.897. The quantitative estimate of drug-likeness (QED) is 0.0130. The molecule has 0 amide bonds. The lowest BCUT2D eigenvalue weighted by molar-refractivity contribution is -0.144. The number of esters is 4. The van der Waals surface area contributed by atoms with E-state index >= 15 is 0 Å². The van der Waals surface area contributed by atoms with Crippen LogP contribution in [0.3, 0.4) is 0 Å². The van der Waals surface area contributed by atoms with Crippen molar-refractivity contribution in [3.8, 4) is 0 Å². The summed E-state index contributed by atoms with van der Waals surface area (Å²) in [6, 6.07) is -1.03. The summed E-state index contributed by atoms with van der Waals surface area (Å²) in [5.41, 5.74) is 11.1. The molecule has 0 saturated carbocycles. The van der Waals surface area contributed by atoms with Gasteiger partial charge in [0.15, 0.2) is 11.6 Å². The summed E-state index contributed by atoms with van der Waals surface area (Å²) in [5.74, 6) is 2.72. The van der Waals surface area contributed by atoms with Gasteiger partial charge in [-0.15, -0.1) is 0 Å². The van der Waals surface area contributed by atoms with Gasteiger partial charge < -0.3 is 68.3 Å². The molecule has 4 N–H and O–H groups in total. The molecule has 20 nitrogen and oxygen atoms in total. The van der Waals surface area contributed by atoms with Crippen molar-refractivity contribution >= 4 is 98.6 Å². The highest BCUT2D eigenvalue weighted by atomic mass is 32.1. The van der Waals surface area contributed by atoms with Gasteiger partial charge in [-0.3, -0.25) is 28.8 Å². The lowest BCUT2D eigenvalue weighted by Gasteiger charge is -2.09. The minimum absolute atomic E-state index is 0. The van der Waals surface area contributed by atoms with Crippen molar-refractivity contribution in [2.75, 3.05) is 161 Å². The van der Waals surface area contributed by atoms with E-state index < -0.39 is 12.1 Å². The standard InChI is InChI=1S/C23H45NO7S.C19H37NO7S.2C7H14O2S.C2H6S.2H2/c1-2-3-4-5-6-9-23(26)31-12-8-7-11-27-14-16-29-18-19-30-17-15-28-13-10-22(25)21(24)20-32;1-2-5-19(22)27-8-4-3-7-23-10-12-25-14-15-26-13-11-24-9-6-18(21)17(20)16-28;2*1-2-4-7(8)9-5-3-6-10;1-2-3;;/h21,32H,2-20,24H2,1H3;17,28H,2-16,20H2,1H3;2*10H,2-6H2,1H3;3H,2H2,1H3;2*1H. The van der Waals surface area contributed by atoms with Gasteiger partial charge >= 0.3 is 23.9 Å². The number of thiol groups is 5. The minimum Gasteiger partial charge on any atom is -0.466 e. The summed E-state index contributed by atoms with van der Waals surface area (Å²) in [6.45, 7) is 19.8. The maximum atomic E-state index is 11.6. The largest absolute Gasteiger partial charge is 0.466 e. The Balaban J connectivity index is -0.000000206. The van der Waals surface area contributed by atoms with Gasteiger partial charge in [-0.05, 0) is 81.5 Å². The van der Waals surface area contributed by atoms with Crippen molar-refractivity contribution < 1.29 is 88.5 Å². The van der Waals surface area contributed by atoms with Crippen LogP contribution in [0.15, 0.2) is 0 Å². The van der Waals surface area contributed by atoms with E-state index in [1.165, 1.54) is 19.3 Å². The van der Waals surface area contributed by atoms with Crippen LogP contribution in [0.4, 0.5) is 0 Å². The number of hydrogen-bond acceptors (Lipinski definition) is 25. The zero-order valence-electron chi connectivity index (χ0n) is 51.7. The van der Waals surface area contributed by atoms with Crippen molar-refractivity contribution in [1.82, 2.24) is 0 Å². The molecular formula is C58H120N2O18S5. The van der Waals surface area contributed by atoms with E-state index in [4.69, 9.17) is 68.3 Å². The van der Waals surface area contributed by atoms with E-state index in [-0.39, 0.29) is 38.3 Å². The summed E-state index contributed by atoms with van der Waals surface area (Å²) < 4.78 is 63.1. The summed E-state index contributed by atoms with van der Waals surface area (Å²) in [5, 5.41) is 0. The molecule has 500 valence electrons. The molecule has 2 atom stereocenters. The topological polar surface area (TPSA) is 265 Å². The fourth-order valence-electron chi connectivity index (χ4n) is 5.70. The summed E-state index contributed by atoms with van der Waals surface area (Å²) >= 11 is 19.7. The highest BCUT2D eigenvalue weighted by Gasteiger charge is 2.12. The van der Waals surface area contributed by atoms with E-state index in [1.54, 1.807) is 0 Å². The van der Waals surface area contributed by atoms with Gasteiger partial charge in [0.2, 0.25) is 0 Å². The van der Waals surface area contributed by atoms with Crippen LogP contribution in [-0.4, -0.2) is 208 Å². The number of Topliss-reactive ketones (excluding diaryl/α,β-unsaturated/α-hetero) is 2. The molecule has 0 radical (unpaired) electrons. The monoisotopic (exact) mass is 1290 g/mol. The molecule has 0 saturated heterocycles. The van der Waals surface area contributed by atoms with Crippen LogP contribution < -0.4 is 11.5 Å². The average Bonchev–Trinajstić information content (AvgIpc) is 3.47. The van der Waals surface area contributed by atoms with Crippen molar-refractivity contribution in [3.63, 3.8) is 0 Å². The Morgan fingerprint density at radius 1 is 0.301 bits per heavy atom. The average molecular weight is 1290 g/mol. The Morgan fingerprint density at radius 2 is 0.554 bits per heavy atom. The lowest BCUT2D eigenvalue weighted by Crippen LogP contribution is -2.32. The molecule has 0 aliphatic rings. The molecule has 0 aromatic rings. The highest BCUT2D eigenvalue weighted by Crippen LogP contribution is 2.06. The molecule has 0 aliphatic carbocycles. The van der Waals surface area contributed by atoms with E-state index in [2.05, 4.69) is 70.1 Å². The van der Waals surface area contributed by atoms with E-state index in [9.17, 15) is 28.8 Å². The van der Waals surface area contributed by atoms with Crippen molar-refractivity contribution in [2.24, 2.45) is 11.5 Å². The Kier molecular flexibility index (Phi) is 87.7. The van der Waals surface area contributed by atoms with E-state index in [0.717, 1.165) is 87.9 Å². The third-order valence-corrected chi connectivity index (χ3v) is 11.7. The molecule has 0 fully saturated rings. The number of hydrogen-bond donors (Lipinski definition) is 7. The van der Waals surface area contributed by atoms with Gasteiger partial charge in [0.25, 0.3) is 0 Å². The fourth-order valence-corrected chi connectivity index (χ4v) is 6.37. The molecule has 2 unspecified atom stereocenters. The zero-order valence-corrected chi connectivity index (χ0v) is 56.2. The third kappa shape index (κ3) is 84.8. The number of rotatable bonds is 56. The van der Waals surface area contributed by atoms with Gasteiger partial charge in [0, 0.05) is 66.1 Å². The van der Waals surface area contributed by atoms with Crippen LogP contribution in [0, 0.1) is 0 Å². The number of carbonyl (C=O) groups is 6. The van der Waals surface area contributed by atoms with Gasteiger partial charge in [-0.1, -0.05) is 60.3 Å². The molecule has 0 spiro atoms. The van der Waals surface area contributed by atoms with Crippen molar-refractivity contribution in [2.45, 2.75) is 175 Å². The van der Waals surface area contributed by atoms with E-state index in [0.29, 0.717) is 182 Å². The summed E-state index contributed by atoms with van der Waals surface area (Å²) in [6.07, 6.45) is 15.9. The van der Waals surface area contributed by atoms with Gasteiger partial charge in [-0.25, -0.2) is 0 Å². The Labute approximate surface area is 531 Å². The van der Waals surface area contributed by atoms with Crippen molar-refractivity contribution in [1.29, 1.82) is 0 Å².